The van der Waals surface area contributed by atoms with E-state index in [1.807, 2.05) is 13.8 Å². The first-order valence-electron chi connectivity index (χ1n) is 8.28. The number of amides is 1. The summed E-state index contributed by atoms with van der Waals surface area (Å²) in [5.41, 5.74) is 0.732. The summed E-state index contributed by atoms with van der Waals surface area (Å²) in [5.74, 6) is -1.42. The van der Waals surface area contributed by atoms with Gasteiger partial charge in [-0.05, 0) is 43.7 Å². The van der Waals surface area contributed by atoms with Crippen molar-refractivity contribution >= 4 is 29.3 Å². The lowest BCUT2D eigenvalue weighted by atomic mass is 9.98. The fraction of sp³-hybridized carbons (Fsp3) is 0.250. The smallest absolute Gasteiger partial charge is 0.339 e. The molecule has 0 unspecified atom stereocenters. The molecule has 6 heteroatoms. The number of ketones is 1. The average molecular weight is 374 g/mol. The van der Waals surface area contributed by atoms with E-state index in [1.165, 1.54) is 6.07 Å². The summed E-state index contributed by atoms with van der Waals surface area (Å²) in [4.78, 5) is 36.8. The number of hydrogen-bond acceptors (Lipinski definition) is 4. The standard InChI is InChI=1S/C20H20ClNO4/c1-3-13(2)22-18(23)12-26-20(25)17-7-5-4-6-16(17)19(24)14-8-10-15(21)11-9-14/h4-11,13H,3,12H2,1-2H3,(H,22,23)/t13-/m0/s1. The summed E-state index contributed by atoms with van der Waals surface area (Å²) in [6.07, 6.45) is 0.776. The van der Waals surface area contributed by atoms with Crippen LogP contribution in [0.15, 0.2) is 48.5 Å². The topological polar surface area (TPSA) is 72.5 Å². The van der Waals surface area contributed by atoms with E-state index >= 15 is 0 Å². The molecule has 2 aromatic carbocycles. The number of carbonyl (C=O) groups is 3. The number of benzene rings is 2. The van der Waals surface area contributed by atoms with Crippen LogP contribution in [0.4, 0.5) is 0 Å². The average Bonchev–Trinajstić information content (AvgIpc) is 2.66. The van der Waals surface area contributed by atoms with Gasteiger partial charge in [0.15, 0.2) is 12.4 Å². The van der Waals surface area contributed by atoms with E-state index in [1.54, 1.807) is 42.5 Å². The first-order chi connectivity index (χ1) is 12.4. The molecular formula is C20H20ClNO4. The molecule has 0 aliphatic heterocycles. The number of rotatable bonds is 7. The zero-order chi connectivity index (χ0) is 19.1. The minimum atomic E-state index is -0.720. The normalized spacial score (nSPS) is 11.5. The highest BCUT2D eigenvalue weighted by molar-refractivity contribution is 6.30. The van der Waals surface area contributed by atoms with Crippen LogP contribution >= 0.6 is 11.6 Å². The third-order valence-corrected chi connectivity index (χ3v) is 4.10. The van der Waals surface area contributed by atoms with Crippen molar-refractivity contribution in [3.8, 4) is 0 Å². The van der Waals surface area contributed by atoms with Crippen molar-refractivity contribution < 1.29 is 19.1 Å². The maximum Gasteiger partial charge on any atom is 0.339 e. The number of carbonyl (C=O) groups excluding carboxylic acids is 3. The molecule has 2 aromatic rings. The Morgan fingerprint density at radius 3 is 2.27 bits per heavy atom. The van der Waals surface area contributed by atoms with E-state index in [0.717, 1.165) is 6.42 Å². The summed E-state index contributed by atoms with van der Waals surface area (Å²) in [5, 5.41) is 3.22. The van der Waals surface area contributed by atoms with E-state index in [0.29, 0.717) is 10.6 Å². The zero-order valence-corrected chi connectivity index (χ0v) is 15.4. The fourth-order valence-corrected chi connectivity index (χ4v) is 2.37. The van der Waals surface area contributed by atoms with Crippen molar-refractivity contribution in [1.29, 1.82) is 0 Å². The number of hydrogen-bond donors (Lipinski definition) is 1. The maximum absolute atomic E-state index is 12.7. The van der Waals surface area contributed by atoms with Crippen molar-refractivity contribution in [2.45, 2.75) is 26.3 Å². The van der Waals surface area contributed by atoms with Gasteiger partial charge in [0.2, 0.25) is 0 Å². The molecule has 0 aliphatic carbocycles. The summed E-state index contributed by atoms with van der Waals surface area (Å²) < 4.78 is 5.06. The summed E-state index contributed by atoms with van der Waals surface area (Å²) in [7, 11) is 0. The summed E-state index contributed by atoms with van der Waals surface area (Å²) >= 11 is 5.84. The van der Waals surface area contributed by atoms with Crippen LogP contribution in [0.3, 0.4) is 0 Å². The van der Waals surface area contributed by atoms with Crippen LogP contribution in [-0.4, -0.2) is 30.3 Å². The lowest BCUT2D eigenvalue weighted by Crippen LogP contribution is -2.35. The molecular weight excluding hydrogens is 354 g/mol. The Kier molecular flexibility index (Phi) is 6.92. The zero-order valence-electron chi connectivity index (χ0n) is 14.6. The van der Waals surface area contributed by atoms with E-state index in [4.69, 9.17) is 16.3 Å². The number of ether oxygens (including phenoxy) is 1. The quantitative estimate of drug-likeness (QED) is 0.594. The lowest BCUT2D eigenvalue weighted by molar-refractivity contribution is -0.124. The molecule has 1 N–H and O–H groups in total. The highest BCUT2D eigenvalue weighted by Gasteiger charge is 2.20. The monoisotopic (exact) mass is 373 g/mol. The van der Waals surface area contributed by atoms with Crippen molar-refractivity contribution in [3.05, 3.63) is 70.2 Å². The van der Waals surface area contributed by atoms with E-state index in [-0.39, 0.29) is 28.9 Å². The third kappa shape index (κ3) is 5.17. The summed E-state index contributed by atoms with van der Waals surface area (Å²) in [6.45, 7) is 3.40. The second-order valence-corrected chi connectivity index (χ2v) is 6.27. The first-order valence-corrected chi connectivity index (χ1v) is 8.66. The van der Waals surface area contributed by atoms with Crippen molar-refractivity contribution in [2.24, 2.45) is 0 Å². The van der Waals surface area contributed by atoms with E-state index in [2.05, 4.69) is 5.32 Å². The molecule has 2 rings (SSSR count). The largest absolute Gasteiger partial charge is 0.452 e. The van der Waals surface area contributed by atoms with Gasteiger partial charge < -0.3 is 10.1 Å². The Balaban J connectivity index is 2.12. The molecule has 0 radical (unpaired) electrons. The van der Waals surface area contributed by atoms with Gasteiger partial charge in [0.1, 0.15) is 0 Å². The maximum atomic E-state index is 12.7. The molecule has 0 spiro atoms. The molecule has 5 nitrogen and oxygen atoms in total. The lowest BCUT2D eigenvalue weighted by Gasteiger charge is -2.12. The Morgan fingerprint density at radius 2 is 1.65 bits per heavy atom. The van der Waals surface area contributed by atoms with Crippen LogP contribution in [0.25, 0.3) is 0 Å². The van der Waals surface area contributed by atoms with Crippen LogP contribution in [0.5, 0.6) is 0 Å². The fourth-order valence-electron chi connectivity index (χ4n) is 2.24. The van der Waals surface area contributed by atoms with Gasteiger partial charge in [0.05, 0.1) is 5.56 Å². The van der Waals surface area contributed by atoms with Crippen molar-refractivity contribution in [2.75, 3.05) is 6.61 Å². The van der Waals surface area contributed by atoms with Gasteiger partial charge >= 0.3 is 5.97 Å². The van der Waals surface area contributed by atoms with Gasteiger partial charge in [-0.1, -0.05) is 36.7 Å². The number of esters is 1. The van der Waals surface area contributed by atoms with Gasteiger partial charge in [-0.2, -0.15) is 0 Å². The minimum Gasteiger partial charge on any atom is -0.452 e. The van der Waals surface area contributed by atoms with Crippen LogP contribution in [0.2, 0.25) is 5.02 Å². The van der Waals surface area contributed by atoms with Gasteiger partial charge in [-0.3, -0.25) is 9.59 Å². The van der Waals surface area contributed by atoms with Gasteiger partial charge in [-0.25, -0.2) is 4.79 Å². The van der Waals surface area contributed by atoms with Crippen LogP contribution in [0, 0.1) is 0 Å². The van der Waals surface area contributed by atoms with E-state index < -0.39 is 12.6 Å². The highest BCUT2D eigenvalue weighted by atomic mass is 35.5. The van der Waals surface area contributed by atoms with Gasteiger partial charge in [-0.15, -0.1) is 0 Å². The molecule has 0 saturated heterocycles. The van der Waals surface area contributed by atoms with E-state index in [9.17, 15) is 14.4 Å². The molecule has 0 heterocycles. The van der Waals surface area contributed by atoms with Crippen LogP contribution < -0.4 is 5.32 Å². The Hall–Kier alpha value is -2.66. The molecule has 0 fully saturated rings. The van der Waals surface area contributed by atoms with Gasteiger partial charge in [0.25, 0.3) is 5.91 Å². The molecule has 1 amide bonds. The second-order valence-electron chi connectivity index (χ2n) is 5.83. The Morgan fingerprint density at radius 1 is 1.04 bits per heavy atom. The van der Waals surface area contributed by atoms with Crippen LogP contribution in [0.1, 0.15) is 46.5 Å². The number of nitrogens with one attached hydrogen (secondary N) is 1. The Labute approximate surface area is 157 Å². The molecule has 1 atom stereocenters. The van der Waals surface area contributed by atoms with Crippen molar-refractivity contribution in [3.63, 3.8) is 0 Å². The molecule has 0 bridgehead atoms. The molecule has 26 heavy (non-hydrogen) atoms. The molecule has 0 aliphatic rings. The molecule has 0 aromatic heterocycles. The number of halogens is 1. The van der Waals surface area contributed by atoms with Crippen LogP contribution in [-0.2, 0) is 9.53 Å². The molecule has 136 valence electrons. The Bertz CT molecular complexity index is 802. The third-order valence-electron chi connectivity index (χ3n) is 3.85. The second kappa shape index (κ2) is 9.15. The predicted molar refractivity (Wildman–Crippen MR) is 99.5 cm³/mol. The summed E-state index contributed by atoms with van der Waals surface area (Å²) in [6, 6.07) is 12.7. The SMILES string of the molecule is CC[C@H](C)NC(=O)COC(=O)c1ccccc1C(=O)c1ccc(Cl)cc1. The highest BCUT2D eigenvalue weighted by Crippen LogP contribution is 2.17. The first kappa shape index (κ1) is 19.7. The van der Waals surface area contributed by atoms with Crippen molar-refractivity contribution in [1.82, 2.24) is 5.32 Å². The molecule has 0 saturated carbocycles. The minimum absolute atomic E-state index is 0.0000271. The predicted octanol–water partition coefficient (Wildman–Crippen LogP) is 3.64. The van der Waals surface area contributed by atoms with Gasteiger partial charge in [0, 0.05) is 22.2 Å².